The molecule has 0 amide bonds. The summed E-state index contributed by atoms with van der Waals surface area (Å²) >= 11 is 0. The third-order valence-corrected chi connectivity index (χ3v) is 5.61. The van der Waals surface area contributed by atoms with Crippen molar-refractivity contribution in [1.82, 2.24) is 20.1 Å². The summed E-state index contributed by atoms with van der Waals surface area (Å²) in [4.78, 5) is 20.1. The number of hydrogen-bond donors (Lipinski definition) is 2. The molecule has 0 saturated carbocycles. The summed E-state index contributed by atoms with van der Waals surface area (Å²) in [5.41, 5.74) is 3.15. The average Bonchev–Trinajstić information content (AvgIpc) is 2.82. The van der Waals surface area contributed by atoms with Crippen LogP contribution in [0.3, 0.4) is 0 Å². The van der Waals surface area contributed by atoms with Gasteiger partial charge < -0.3 is 19.9 Å². The van der Waals surface area contributed by atoms with Crippen LogP contribution in [0.25, 0.3) is 0 Å². The van der Waals surface area contributed by atoms with E-state index in [9.17, 15) is 4.79 Å². The van der Waals surface area contributed by atoms with Crippen LogP contribution in [0.4, 0.5) is 17.3 Å². The van der Waals surface area contributed by atoms with Crippen LogP contribution in [0.2, 0.25) is 0 Å². The van der Waals surface area contributed by atoms with Crippen molar-refractivity contribution >= 4 is 17.3 Å². The number of piperazine rings is 1. The van der Waals surface area contributed by atoms with E-state index in [1.54, 1.807) is 7.11 Å². The predicted molar refractivity (Wildman–Crippen MR) is 123 cm³/mol. The molecule has 8 nitrogen and oxygen atoms in total. The molecule has 4 rings (SSSR count). The second-order valence-corrected chi connectivity index (χ2v) is 7.57. The lowest BCUT2D eigenvalue weighted by molar-refractivity contribution is 0.271. The van der Waals surface area contributed by atoms with Crippen LogP contribution in [-0.4, -0.2) is 59.9 Å². The van der Waals surface area contributed by atoms with Crippen LogP contribution in [0.5, 0.6) is 5.75 Å². The number of nitrogens with zero attached hydrogens (tertiary/aromatic N) is 4. The maximum atomic E-state index is 12.4. The van der Waals surface area contributed by atoms with E-state index in [1.807, 2.05) is 36.4 Å². The van der Waals surface area contributed by atoms with Crippen molar-refractivity contribution in [3.63, 3.8) is 0 Å². The number of anilines is 3. The molecule has 0 unspecified atom stereocenters. The van der Waals surface area contributed by atoms with Crippen LogP contribution < -0.4 is 20.5 Å². The van der Waals surface area contributed by atoms with Crippen molar-refractivity contribution in [3.8, 4) is 5.75 Å². The number of hydrogen-bond acceptors (Lipinski definition) is 7. The molecular formula is C23H28N6O2. The van der Waals surface area contributed by atoms with Crippen molar-refractivity contribution in [2.75, 3.05) is 50.1 Å². The first-order valence-corrected chi connectivity index (χ1v) is 10.6. The van der Waals surface area contributed by atoms with E-state index in [-0.39, 0.29) is 5.56 Å². The van der Waals surface area contributed by atoms with Crippen LogP contribution >= 0.6 is 0 Å². The lowest BCUT2D eigenvalue weighted by atomic mass is 10.1. The first kappa shape index (κ1) is 20.9. The molecule has 1 saturated heterocycles. The minimum Gasteiger partial charge on any atom is -0.497 e. The molecule has 162 valence electrons. The zero-order chi connectivity index (χ0) is 21.6. The Bertz CT molecular complexity index is 1040. The molecule has 8 heteroatoms. The van der Waals surface area contributed by atoms with E-state index < -0.39 is 0 Å². The third-order valence-electron chi connectivity index (χ3n) is 5.61. The molecule has 0 bridgehead atoms. The fraction of sp³-hybridized carbons (Fsp3) is 0.348. The van der Waals surface area contributed by atoms with E-state index in [2.05, 4.69) is 49.4 Å². The number of rotatable bonds is 7. The van der Waals surface area contributed by atoms with Gasteiger partial charge >= 0.3 is 0 Å². The van der Waals surface area contributed by atoms with Gasteiger partial charge in [0.1, 0.15) is 11.4 Å². The minimum atomic E-state index is -0.251. The third kappa shape index (κ3) is 5.21. The van der Waals surface area contributed by atoms with Gasteiger partial charge in [0.2, 0.25) is 5.95 Å². The van der Waals surface area contributed by atoms with Gasteiger partial charge in [0, 0.05) is 44.0 Å². The Morgan fingerprint density at radius 3 is 2.32 bits per heavy atom. The van der Waals surface area contributed by atoms with E-state index in [0.29, 0.717) is 18.1 Å². The second-order valence-electron chi connectivity index (χ2n) is 7.57. The lowest BCUT2D eigenvalue weighted by Crippen LogP contribution is -2.46. The quantitative estimate of drug-likeness (QED) is 0.608. The summed E-state index contributed by atoms with van der Waals surface area (Å²) in [5.74, 6) is 1.10. The number of aromatic amines is 1. The average molecular weight is 421 g/mol. The van der Waals surface area contributed by atoms with E-state index in [4.69, 9.17) is 4.74 Å². The number of benzene rings is 2. The predicted octanol–water partition coefficient (Wildman–Crippen LogP) is 2.65. The minimum absolute atomic E-state index is 0.251. The summed E-state index contributed by atoms with van der Waals surface area (Å²) in [7, 11) is 1.62. The smallest absolute Gasteiger partial charge is 0.274 e. The maximum Gasteiger partial charge on any atom is 0.274 e. The number of likely N-dealkylation sites (N-methyl/N-ethyl adjacent to an activating group) is 1. The summed E-state index contributed by atoms with van der Waals surface area (Å²) in [6, 6.07) is 15.7. The molecule has 3 aromatic rings. The molecule has 2 N–H and O–H groups in total. The molecule has 2 heterocycles. The Morgan fingerprint density at radius 1 is 1.00 bits per heavy atom. The molecule has 1 aliphatic rings. The van der Waals surface area contributed by atoms with Gasteiger partial charge in [-0.05, 0) is 48.5 Å². The number of H-pyrrole nitrogens is 1. The van der Waals surface area contributed by atoms with E-state index in [0.717, 1.165) is 49.7 Å². The summed E-state index contributed by atoms with van der Waals surface area (Å²) < 4.78 is 5.16. The van der Waals surface area contributed by atoms with Crippen LogP contribution in [0.1, 0.15) is 18.2 Å². The Balaban J connectivity index is 1.38. The molecule has 0 aliphatic carbocycles. The molecule has 1 fully saturated rings. The Morgan fingerprint density at radius 2 is 1.71 bits per heavy atom. The molecule has 0 spiro atoms. The van der Waals surface area contributed by atoms with Gasteiger partial charge in [0.05, 0.1) is 7.11 Å². The van der Waals surface area contributed by atoms with E-state index in [1.165, 1.54) is 5.69 Å². The van der Waals surface area contributed by atoms with Gasteiger partial charge in [-0.1, -0.05) is 19.1 Å². The Labute approximate surface area is 181 Å². The fourth-order valence-corrected chi connectivity index (χ4v) is 3.68. The second kappa shape index (κ2) is 9.61. The maximum absolute atomic E-state index is 12.4. The Kier molecular flexibility index (Phi) is 6.47. The number of aromatic nitrogens is 3. The van der Waals surface area contributed by atoms with Crippen LogP contribution in [0.15, 0.2) is 53.3 Å². The fourth-order valence-electron chi connectivity index (χ4n) is 3.68. The molecule has 1 aliphatic heterocycles. The standard InChI is InChI=1S/C23H28N6O2/c1-3-28-12-14-29(15-13-28)19-8-6-18(7-9-19)24-23-25-22(30)21(26-27-23)16-17-4-10-20(31-2)11-5-17/h4-11H,3,12-16H2,1-2H3,(H2,24,25,27,30). The lowest BCUT2D eigenvalue weighted by Gasteiger charge is -2.35. The number of methoxy groups -OCH3 is 1. The highest BCUT2D eigenvalue weighted by Crippen LogP contribution is 2.21. The van der Waals surface area contributed by atoms with E-state index >= 15 is 0 Å². The van der Waals surface area contributed by atoms with Gasteiger partial charge in [0.15, 0.2) is 0 Å². The molecule has 0 radical (unpaired) electrons. The van der Waals surface area contributed by atoms with Crippen molar-refractivity contribution in [2.24, 2.45) is 0 Å². The molecule has 0 atom stereocenters. The molecule has 31 heavy (non-hydrogen) atoms. The van der Waals surface area contributed by atoms with Gasteiger partial charge in [-0.3, -0.25) is 9.78 Å². The Hall–Kier alpha value is -3.39. The highest BCUT2D eigenvalue weighted by atomic mass is 16.5. The molecule has 2 aromatic carbocycles. The number of nitrogens with one attached hydrogen (secondary N) is 2. The van der Waals surface area contributed by atoms with Crippen molar-refractivity contribution in [3.05, 3.63) is 70.1 Å². The molecular weight excluding hydrogens is 392 g/mol. The summed E-state index contributed by atoms with van der Waals surface area (Å²) in [6.07, 6.45) is 0.409. The van der Waals surface area contributed by atoms with Crippen LogP contribution in [-0.2, 0) is 6.42 Å². The van der Waals surface area contributed by atoms with Crippen molar-refractivity contribution in [2.45, 2.75) is 13.3 Å². The first-order chi connectivity index (χ1) is 15.1. The zero-order valence-electron chi connectivity index (χ0n) is 18.0. The first-order valence-electron chi connectivity index (χ1n) is 10.6. The SMILES string of the molecule is CCN1CCN(c2ccc(Nc3nnc(Cc4ccc(OC)cc4)c(=O)[nH]3)cc2)CC1. The van der Waals surface area contributed by atoms with Gasteiger partial charge in [0.25, 0.3) is 5.56 Å². The monoisotopic (exact) mass is 420 g/mol. The number of ether oxygens (including phenoxy) is 1. The normalized spacial score (nSPS) is 14.5. The van der Waals surface area contributed by atoms with Gasteiger partial charge in [-0.25, -0.2) is 0 Å². The molecule has 1 aromatic heterocycles. The van der Waals surface area contributed by atoms with Gasteiger partial charge in [-0.15, -0.1) is 10.2 Å². The highest BCUT2D eigenvalue weighted by molar-refractivity contribution is 5.59. The topological polar surface area (TPSA) is 86.4 Å². The van der Waals surface area contributed by atoms with Gasteiger partial charge in [-0.2, -0.15) is 0 Å². The van der Waals surface area contributed by atoms with Crippen LogP contribution in [0, 0.1) is 0 Å². The largest absolute Gasteiger partial charge is 0.497 e. The van der Waals surface area contributed by atoms with Crippen molar-refractivity contribution in [1.29, 1.82) is 0 Å². The summed E-state index contributed by atoms with van der Waals surface area (Å²) in [5, 5.41) is 11.4. The highest BCUT2D eigenvalue weighted by Gasteiger charge is 2.15. The summed E-state index contributed by atoms with van der Waals surface area (Å²) in [6.45, 7) is 7.57. The van der Waals surface area contributed by atoms with Crippen molar-refractivity contribution < 1.29 is 4.74 Å². The zero-order valence-corrected chi connectivity index (χ0v) is 18.0.